The zero-order valence-electron chi connectivity index (χ0n) is 12.5. The van der Waals surface area contributed by atoms with Crippen LogP contribution in [0.3, 0.4) is 0 Å². The minimum absolute atomic E-state index is 0.324. The van der Waals surface area contributed by atoms with Gasteiger partial charge in [0.25, 0.3) is 0 Å². The molecule has 0 aliphatic rings. The summed E-state index contributed by atoms with van der Waals surface area (Å²) in [4.78, 5) is 6.83. The fourth-order valence-corrected chi connectivity index (χ4v) is 3.61. The molecular formula is C16H14Cl2N4S. The Balaban J connectivity index is 1.92. The highest BCUT2D eigenvalue weighted by atomic mass is 35.5. The molecule has 0 spiro atoms. The van der Waals surface area contributed by atoms with Crippen molar-refractivity contribution >= 4 is 46.7 Å². The number of aryl methyl sites for hydroxylation is 2. The van der Waals surface area contributed by atoms with Gasteiger partial charge in [-0.1, -0.05) is 29.3 Å². The number of imidazole rings is 1. The van der Waals surface area contributed by atoms with Crippen molar-refractivity contribution in [1.82, 2.24) is 9.66 Å². The molecule has 0 saturated carbocycles. The largest absolute Gasteiger partial charge is 0.368 e. The summed E-state index contributed by atoms with van der Waals surface area (Å²) in [5.74, 6) is 0.324. The maximum absolute atomic E-state index is 6.13. The molecule has 1 aromatic carbocycles. The lowest BCUT2D eigenvalue weighted by Crippen LogP contribution is -1.97. The summed E-state index contributed by atoms with van der Waals surface area (Å²) in [6.07, 6.45) is 3.44. The van der Waals surface area contributed by atoms with E-state index in [9.17, 15) is 0 Å². The van der Waals surface area contributed by atoms with E-state index in [0.29, 0.717) is 16.0 Å². The molecule has 0 bridgehead atoms. The molecule has 0 saturated heterocycles. The fraction of sp³-hybridized carbons (Fsp3) is 0.125. The quantitative estimate of drug-likeness (QED) is 0.664. The van der Waals surface area contributed by atoms with E-state index in [4.69, 9.17) is 28.9 Å². The number of benzene rings is 1. The second kappa shape index (κ2) is 6.35. The number of anilines is 1. The van der Waals surface area contributed by atoms with Gasteiger partial charge in [-0.05, 0) is 32.0 Å². The standard InChI is InChI=1S/C16H14Cl2N4S/c1-9-5-13(10(2)23-9)15-8-22(16(19)21-15)20-7-11-3-4-12(17)6-14(11)18/h3-8H,1-2H3,(H2,19,21). The lowest BCUT2D eigenvalue weighted by Gasteiger charge is -1.99. The van der Waals surface area contributed by atoms with Crippen molar-refractivity contribution in [1.29, 1.82) is 0 Å². The highest BCUT2D eigenvalue weighted by Crippen LogP contribution is 2.30. The predicted octanol–water partition coefficient (Wildman–Crippen LogP) is 5.00. The number of hydrogen-bond acceptors (Lipinski definition) is 4. The van der Waals surface area contributed by atoms with Crippen molar-refractivity contribution in [3.8, 4) is 11.3 Å². The van der Waals surface area contributed by atoms with Crippen LogP contribution in [0.2, 0.25) is 10.0 Å². The summed E-state index contributed by atoms with van der Waals surface area (Å²) in [5.41, 5.74) is 8.60. The van der Waals surface area contributed by atoms with Crippen LogP contribution in [-0.4, -0.2) is 15.9 Å². The van der Waals surface area contributed by atoms with Crippen molar-refractivity contribution < 1.29 is 0 Å². The van der Waals surface area contributed by atoms with Gasteiger partial charge in [-0.15, -0.1) is 11.3 Å². The van der Waals surface area contributed by atoms with E-state index in [-0.39, 0.29) is 0 Å². The van der Waals surface area contributed by atoms with Gasteiger partial charge in [-0.25, -0.2) is 9.66 Å². The second-order valence-electron chi connectivity index (χ2n) is 5.07. The molecule has 0 aliphatic heterocycles. The molecule has 3 aromatic rings. The summed E-state index contributed by atoms with van der Waals surface area (Å²) < 4.78 is 1.53. The molecule has 2 aromatic heterocycles. The topological polar surface area (TPSA) is 56.2 Å². The molecule has 0 unspecified atom stereocenters. The SMILES string of the molecule is Cc1cc(-c2cn(N=Cc3ccc(Cl)cc3Cl)c(N)n2)c(C)s1. The highest BCUT2D eigenvalue weighted by molar-refractivity contribution is 7.12. The number of thiophene rings is 1. The molecule has 118 valence electrons. The summed E-state index contributed by atoms with van der Waals surface area (Å²) in [6, 6.07) is 7.33. The van der Waals surface area contributed by atoms with Gasteiger partial charge in [0.1, 0.15) is 0 Å². The molecule has 4 nitrogen and oxygen atoms in total. The van der Waals surface area contributed by atoms with E-state index in [1.807, 2.05) is 6.20 Å². The molecule has 2 N–H and O–H groups in total. The van der Waals surface area contributed by atoms with Crippen LogP contribution in [0.4, 0.5) is 5.95 Å². The molecule has 0 atom stereocenters. The number of rotatable bonds is 3. The molecule has 2 heterocycles. The first-order valence-corrected chi connectivity index (χ1v) is 8.43. The van der Waals surface area contributed by atoms with Crippen molar-refractivity contribution in [2.24, 2.45) is 5.10 Å². The zero-order valence-corrected chi connectivity index (χ0v) is 14.9. The minimum Gasteiger partial charge on any atom is -0.368 e. The molecule has 7 heteroatoms. The Bertz CT molecular complexity index is 896. The van der Waals surface area contributed by atoms with Crippen LogP contribution in [-0.2, 0) is 0 Å². The Morgan fingerprint density at radius 2 is 2.04 bits per heavy atom. The number of nitrogens with zero attached hydrogens (tertiary/aromatic N) is 3. The normalized spacial score (nSPS) is 11.5. The second-order valence-corrected chi connectivity index (χ2v) is 7.37. The molecule has 0 aliphatic carbocycles. The number of nitrogens with two attached hydrogens (primary N) is 1. The van der Waals surface area contributed by atoms with E-state index in [1.165, 1.54) is 14.4 Å². The number of hydrogen-bond donors (Lipinski definition) is 1. The predicted molar refractivity (Wildman–Crippen MR) is 98.9 cm³/mol. The summed E-state index contributed by atoms with van der Waals surface area (Å²) >= 11 is 13.7. The molecular weight excluding hydrogens is 351 g/mol. The number of aromatic nitrogens is 2. The Hall–Kier alpha value is -1.82. The first-order chi connectivity index (χ1) is 10.9. The van der Waals surface area contributed by atoms with E-state index in [2.05, 4.69) is 30.0 Å². The third kappa shape index (κ3) is 3.42. The van der Waals surface area contributed by atoms with E-state index in [0.717, 1.165) is 16.8 Å². The van der Waals surface area contributed by atoms with Gasteiger partial charge >= 0.3 is 0 Å². The number of nitrogen functional groups attached to an aromatic ring is 1. The molecule has 0 fully saturated rings. The first kappa shape index (κ1) is 16.1. The average Bonchev–Trinajstić information content (AvgIpc) is 3.00. The highest BCUT2D eigenvalue weighted by Gasteiger charge is 2.11. The van der Waals surface area contributed by atoms with Crippen LogP contribution < -0.4 is 5.73 Å². The van der Waals surface area contributed by atoms with Crippen molar-refractivity contribution in [3.63, 3.8) is 0 Å². The van der Waals surface area contributed by atoms with Crippen LogP contribution in [0.25, 0.3) is 11.3 Å². The maximum Gasteiger partial charge on any atom is 0.221 e. The van der Waals surface area contributed by atoms with Gasteiger partial charge in [0, 0.05) is 25.9 Å². The van der Waals surface area contributed by atoms with Gasteiger partial charge in [-0.3, -0.25) is 0 Å². The van der Waals surface area contributed by atoms with Gasteiger partial charge in [0.2, 0.25) is 5.95 Å². The van der Waals surface area contributed by atoms with E-state index >= 15 is 0 Å². The van der Waals surface area contributed by atoms with Crippen LogP contribution >= 0.6 is 34.5 Å². The lowest BCUT2D eigenvalue weighted by atomic mass is 10.2. The molecule has 23 heavy (non-hydrogen) atoms. The maximum atomic E-state index is 6.13. The third-order valence-electron chi connectivity index (χ3n) is 3.31. The van der Waals surface area contributed by atoms with Gasteiger partial charge in [0.05, 0.1) is 23.1 Å². The number of halogens is 2. The van der Waals surface area contributed by atoms with Crippen LogP contribution in [0.1, 0.15) is 15.3 Å². The molecule has 0 amide bonds. The van der Waals surface area contributed by atoms with Gasteiger partial charge < -0.3 is 5.73 Å². The Labute approximate surface area is 148 Å². The first-order valence-electron chi connectivity index (χ1n) is 6.85. The average molecular weight is 365 g/mol. The Morgan fingerprint density at radius 1 is 1.26 bits per heavy atom. The van der Waals surface area contributed by atoms with Gasteiger partial charge in [0.15, 0.2) is 0 Å². The molecule has 0 radical (unpaired) electrons. The van der Waals surface area contributed by atoms with Crippen LogP contribution in [0, 0.1) is 13.8 Å². The van der Waals surface area contributed by atoms with Gasteiger partial charge in [-0.2, -0.15) is 5.10 Å². The third-order valence-corrected chi connectivity index (χ3v) is 4.84. The smallest absolute Gasteiger partial charge is 0.221 e. The van der Waals surface area contributed by atoms with E-state index < -0.39 is 0 Å². The monoisotopic (exact) mass is 364 g/mol. The van der Waals surface area contributed by atoms with Crippen LogP contribution in [0.5, 0.6) is 0 Å². The van der Waals surface area contributed by atoms with Crippen molar-refractivity contribution in [3.05, 3.63) is 55.8 Å². The lowest BCUT2D eigenvalue weighted by molar-refractivity contribution is 0.898. The Morgan fingerprint density at radius 3 is 2.70 bits per heavy atom. The van der Waals surface area contributed by atoms with Crippen molar-refractivity contribution in [2.45, 2.75) is 13.8 Å². The summed E-state index contributed by atoms with van der Waals surface area (Å²) in [5, 5.41) is 5.44. The fourth-order valence-electron chi connectivity index (χ4n) is 2.22. The summed E-state index contributed by atoms with van der Waals surface area (Å²) in [7, 11) is 0. The minimum atomic E-state index is 0.324. The van der Waals surface area contributed by atoms with E-state index in [1.54, 1.807) is 35.8 Å². The van der Waals surface area contributed by atoms with Crippen LogP contribution in [0.15, 0.2) is 35.6 Å². The Kier molecular flexibility index (Phi) is 4.43. The zero-order chi connectivity index (χ0) is 16.6. The molecule has 3 rings (SSSR count). The van der Waals surface area contributed by atoms with Crippen molar-refractivity contribution in [2.75, 3.05) is 5.73 Å². The summed E-state index contributed by atoms with van der Waals surface area (Å²) in [6.45, 7) is 4.14.